The Morgan fingerprint density at radius 1 is 1.29 bits per heavy atom. The smallest absolute Gasteiger partial charge is 0.314 e. The normalized spacial score (nSPS) is 19.3. The summed E-state index contributed by atoms with van der Waals surface area (Å²) in [5.74, 6) is 0.392. The number of aromatic nitrogens is 1. The number of benzene rings is 1. The second kappa shape index (κ2) is 9.19. The molecule has 3 rings (SSSR count). The number of esters is 1. The third-order valence-electron chi connectivity index (χ3n) is 5.00. The van der Waals surface area contributed by atoms with Crippen molar-refractivity contribution < 1.29 is 19.1 Å². The Hall–Kier alpha value is -2.41. The van der Waals surface area contributed by atoms with E-state index in [1.54, 1.807) is 17.2 Å². The summed E-state index contributed by atoms with van der Waals surface area (Å²) in [5, 5.41) is 2.63. The zero-order valence-electron chi connectivity index (χ0n) is 16.3. The van der Waals surface area contributed by atoms with E-state index in [9.17, 15) is 9.59 Å². The number of hydrogen-bond donors (Lipinski definition) is 0. The summed E-state index contributed by atoms with van der Waals surface area (Å²) in [6.07, 6.45) is 1.93. The number of likely N-dealkylation sites (tertiary alicyclic amines) is 1. The molecule has 2 aromatic rings. The van der Waals surface area contributed by atoms with E-state index in [0.717, 1.165) is 17.2 Å². The average molecular weight is 403 g/mol. The number of rotatable bonds is 7. The Bertz CT molecular complexity index is 808. The molecule has 1 aromatic carbocycles. The van der Waals surface area contributed by atoms with Gasteiger partial charge in [-0.05, 0) is 45.2 Å². The Labute approximate surface area is 169 Å². The molecule has 1 aromatic heterocycles. The molecule has 0 radical (unpaired) electrons. The van der Waals surface area contributed by atoms with Crippen molar-refractivity contribution in [3.63, 3.8) is 0 Å². The van der Waals surface area contributed by atoms with Crippen LogP contribution in [0.4, 0.5) is 0 Å². The van der Waals surface area contributed by atoms with Crippen LogP contribution >= 0.6 is 11.3 Å². The molecular weight excluding hydrogens is 376 g/mol. The highest BCUT2D eigenvalue weighted by Crippen LogP contribution is 2.36. The summed E-state index contributed by atoms with van der Waals surface area (Å²) < 4.78 is 11.2. The van der Waals surface area contributed by atoms with E-state index in [2.05, 4.69) is 4.98 Å². The fourth-order valence-corrected chi connectivity index (χ4v) is 4.15. The molecule has 150 valence electrons. The molecule has 1 aliphatic rings. The quantitative estimate of drug-likeness (QED) is 0.661. The number of carbonyl (C=O) groups is 2. The number of aryl methyl sites for hydroxylation is 1. The maximum absolute atomic E-state index is 12.9. The summed E-state index contributed by atoms with van der Waals surface area (Å²) in [6, 6.07) is 9.52. The van der Waals surface area contributed by atoms with Gasteiger partial charge in [-0.2, -0.15) is 0 Å². The molecular formula is C21H26N2O4S. The third kappa shape index (κ3) is 4.70. The van der Waals surface area contributed by atoms with E-state index in [1.165, 1.54) is 11.3 Å². The van der Waals surface area contributed by atoms with Crippen LogP contribution in [0, 0.1) is 12.3 Å². The molecule has 1 fully saturated rings. The molecule has 0 spiro atoms. The van der Waals surface area contributed by atoms with E-state index in [4.69, 9.17) is 9.47 Å². The van der Waals surface area contributed by atoms with Gasteiger partial charge in [0.25, 0.3) is 5.91 Å². The molecule has 0 unspecified atom stereocenters. The molecule has 6 nitrogen and oxygen atoms in total. The van der Waals surface area contributed by atoms with Crippen molar-refractivity contribution in [2.24, 2.45) is 5.41 Å². The first-order chi connectivity index (χ1) is 13.5. The second-order valence-electron chi connectivity index (χ2n) is 6.99. The van der Waals surface area contributed by atoms with Crippen LogP contribution in [-0.2, 0) is 9.53 Å². The van der Waals surface area contributed by atoms with Crippen LogP contribution in [0.5, 0.6) is 5.75 Å². The van der Waals surface area contributed by atoms with Gasteiger partial charge in [-0.1, -0.05) is 18.2 Å². The number of piperidine rings is 1. The molecule has 7 heteroatoms. The second-order valence-corrected chi connectivity index (χ2v) is 8.06. The number of nitrogens with zero attached hydrogens (tertiary/aromatic N) is 2. The monoisotopic (exact) mass is 402 g/mol. The molecule has 1 atom stereocenters. The van der Waals surface area contributed by atoms with Gasteiger partial charge in [0.1, 0.15) is 11.4 Å². The molecule has 2 heterocycles. The number of carbonyl (C=O) groups excluding carboxylic acids is 2. The van der Waals surface area contributed by atoms with Crippen molar-refractivity contribution in [3.05, 3.63) is 46.4 Å². The van der Waals surface area contributed by atoms with Gasteiger partial charge in [-0.15, -0.1) is 11.3 Å². The zero-order chi connectivity index (χ0) is 20.0. The molecule has 0 N–H and O–H groups in total. The van der Waals surface area contributed by atoms with Crippen LogP contribution in [-0.4, -0.2) is 48.1 Å². The van der Waals surface area contributed by atoms with Gasteiger partial charge >= 0.3 is 5.97 Å². The average Bonchev–Trinajstić information content (AvgIpc) is 3.15. The Balaban J connectivity index is 1.72. The van der Waals surface area contributed by atoms with E-state index in [0.29, 0.717) is 44.8 Å². The summed E-state index contributed by atoms with van der Waals surface area (Å²) in [6.45, 7) is 5.34. The molecule has 28 heavy (non-hydrogen) atoms. The van der Waals surface area contributed by atoms with Crippen molar-refractivity contribution in [1.29, 1.82) is 0 Å². The van der Waals surface area contributed by atoms with Crippen molar-refractivity contribution in [1.82, 2.24) is 9.88 Å². The van der Waals surface area contributed by atoms with Crippen LogP contribution in [0.3, 0.4) is 0 Å². The topological polar surface area (TPSA) is 68.7 Å². The van der Waals surface area contributed by atoms with Crippen LogP contribution in [0.1, 0.15) is 41.7 Å². The summed E-state index contributed by atoms with van der Waals surface area (Å²) >= 11 is 1.45. The maximum Gasteiger partial charge on any atom is 0.314 e. The van der Waals surface area contributed by atoms with Crippen molar-refractivity contribution in [2.45, 2.75) is 33.1 Å². The molecule has 0 bridgehead atoms. The van der Waals surface area contributed by atoms with Gasteiger partial charge in [-0.3, -0.25) is 9.59 Å². The summed E-state index contributed by atoms with van der Waals surface area (Å²) in [4.78, 5) is 31.7. The Kier molecular flexibility index (Phi) is 6.67. The minimum atomic E-state index is -0.746. The minimum absolute atomic E-state index is 0.123. The van der Waals surface area contributed by atoms with E-state index in [1.807, 2.05) is 37.3 Å². The zero-order valence-corrected chi connectivity index (χ0v) is 17.2. The van der Waals surface area contributed by atoms with E-state index >= 15 is 0 Å². The lowest BCUT2D eigenvalue weighted by atomic mass is 9.77. The Morgan fingerprint density at radius 2 is 2.07 bits per heavy atom. The lowest BCUT2D eigenvalue weighted by molar-refractivity contribution is -0.159. The first kappa shape index (κ1) is 20.3. The SMILES string of the molecule is CCOC(=O)[C@@]1(CCOc2ccccc2)CCCN(C(=O)c2csc(C)n2)C1. The van der Waals surface area contributed by atoms with Crippen LogP contribution < -0.4 is 4.74 Å². The van der Waals surface area contributed by atoms with Gasteiger partial charge < -0.3 is 14.4 Å². The molecule has 0 saturated carbocycles. The third-order valence-corrected chi connectivity index (χ3v) is 5.78. The minimum Gasteiger partial charge on any atom is -0.494 e. The standard InChI is InChI=1S/C21H26N2O4S/c1-3-26-20(25)21(11-13-27-17-8-5-4-6-9-17)10-7-12-23(15-21)19(24)18-14-28-16(2)22-18/h4-6,8-9,14H,3,7,10-13,15H2,1-2H3/t21-/m1/s1. The van der Waals surface area contributed by atoms with Crippen LogP contribution in [0.2, 0.25) is 0 Å². The van der Waals surface area contributed by atoms with E-state index in [-0.39, 0.29) is 11.9 Å². The number of hydrogen-bond acceptors (Lipinski definition) is 6. The van der Waals surface area contributed by atoms with Crippen molar-refractivity contribution >= 4 is 23.2 Å². The molecule has 1 amide bonds. The molecule has 0 aliphatic carbocycles. The summed E-state index contributed by atoms with van der Waals surface area (Å²) in [7, 11) is 0. The molecule has 1 aliphatic heterocycles. The number of thiazole rings is 1. The predicted octanol–water partition coefficient (Wildman–Crippen LogP) is 3.71. The highest BCUT2D eigenvalue weighted by Gasteiger charge is 2.45. The number of para-hydroxylation sites is 1. The van der Waals surface area contributed by atoms with Gasteiger partial charge in [0.2, 0.25) is 0 Å². The van der Waals surface area contributed by atoms with E-state index < -0.39 is 5.41 Å². The highest BCUT2D eigenvalue weighted by molar-refractivity contribution is 7.09. The lowest BCUT2D eigenvalue weighted by Crippen LogP contribution is -2.51. The van der Waals surface area contributed by atoms with Gasteiger partial charge in [-0.25, -0.2) is 4.98 Å². The van der Waals surface area contributed by atoms with Crippen LogP contribution in [0.25, 0.3) is 0 Å². The number of ether oxygens (including phenoxy) is 2. The number of amides is 1. The van der Waals surface area contributed by atoms with Crippen molar-refractivity contribution in [3.8, 4) is 5.75 Å². The van der Waals surface area contributed by atoms with Crippen molar-refractivity contribution in [2.75, 3.05) is 26.3 Å². The van der Waals surface area contributed by atoms with Gasteiger partial charge in [0, 0.05) is 18.5 Å². The largest absolute Gasteiger partial charge is 0.494 e. The Morgan fingerprint density at radius 3 is 2.75 bits per heavy atom. The first-order valence-electron chi connectivity index (χ1n) is 9.60. The fraction of sp³-hybridized carbons (Fsp3) is 0.476. The first-order valence-corrected chi connectivity index (χ1v) is 10.5. The fourth-order valence-electron chi connectivity index (χ4n) is 3.57. The van der Waals surface area contributed by atoms with Crippen LogP contribution in [0.15, 0.2) is 35.7 Å². The lowest BCUT2D eigenvalue weighted by Gasteiger charge is -2.40. The van der Waals surface area contributed by atoms with Gasteiger partial charge in [0.05, 0.1) is 23.6 Å². The maximum atomic E-state index is 12.9. The summed E-state index contributed by atoms with van der Waals surface area (Å²) in [5.41, 5.74) is -0.299. The molecule has 1 saturated heterocycles. The van der Waals surface area contributed by atoms with Gasteiger partial charge in [0.15, 0.2) is 0 Å². The predicted molar refractivity (Wildman–Crippen MR) is 108 cm³/mol. The highest BCUT2D eigenvalue weighted by atomic mass is 32.1.